The van der Waals surface area contributed by atoms with Crippen LogP contribution in [0.15, 0.2) is 42.6 Å². The van der Waals surface area contributed by atoms with Gasteiger partial charge in [-0.05, 0) is 30.3 Å². The lowest BCUT2D eigenvalue weighted by Gasteiger charge is -2.30. The van der Waals surface area contributed by atoms with E-state index in [0.29, 0.717) is 44.1 Å². The number of nitrogens with two attached hydrogens (primary N) is 2. The van der Waals surface area contributed by atoms with E-state index in [1.54, 1.807) is 22.9 Å². The molecule has 11 nitrogen and oxygen atoms in total. The predicted molar refractivity (Wildman–Crippen MR) is 126 cm³/mol. The van der Waals surface area contributed by atoms with Crippen LogP contribution in [0.4, 0.5) is 11.4 Å². The van der Waals surface area contributed by atoms with Gasteiger partial charge in [0.25, 0.3) is 5.91 Å². The molecule has 34 heavy (non-hydrogen) atoms. The topological polar surface area (TPSA) is 155 Å². The van der Waals surface area contributed by atoms with Crippen LogP contribution in [0, 0.1) is 0 Å². The molecule has 1 saturated heterocycles. The zero-order valence-electron chi connectivity index (χ0n) is 18.5. The molecular weight excluding hydrogens is 440 g/mol. The maximum atomic E-state index is 13.0. The van der Waals surface area contributed by atoms with Crippen molar-refractivity contribution in [1.82, 2.24) is 9.78 Å². The molecule has 1 aliphatic rings. The molecule has 4 rings (SSSR count). The second-order valence-corrected chi connectivity index (χ2v) is 7.84. The van der Waals surface area contributed by atoms with Gasteiger partial charge >= 0.3 is 0 Å². The Morgan fingerprint density at radius 3 is 2.59 bits per heavy atom. The fourth-order valence-corrected chi connectivity index (χ4v) is 3.73. The Balaban J connectivity index is 1.61. The van der Waals surface area contributed by atoms with Gasteiger partial charge in [0.2, 0.25) is 11.8 Å². The first-order valence-corrected chi connectivity index (χ1v) is 10.8. The van der Waals surface area contributed by atoms with Crippen LogP contribution >= 0.6 is 0 Å². The smallest absolute Gasteiger partial charge is 0.255 e. The number of hydrogen-bond acceptors (Lipinski definition) is 7. The molecule has 1 aromatic heterocycles. The van der Waals surface area contributed by atoms with Gasteiger partial charge in [0, 0.05) is 35.8 Å². The Hall–Kier alpha value is -3.96. The molecule has 5 N–H and O–H groups in total. The van der Waals surface area contributed by atoms with Crippen molar-refractivity contribution in [3.05, 3.63) is 53.7 Å². The first kappa shape index (κ1) is 23.2. The maximum absolute atomic E-state index is 13.0. The molecule has 2 heterocycles. The van der Waals surface area contributed by atoms with E-state index in [1.807, 2.05) is 18.3 Å². The maximum Gasteiger partial charge on any atom is 0.255 e. The van der Waals surface area contributed by atoms with Gasteiger partial charge in [-0.3, -0.25) is 19.1 Å². The monoisotopic (exact) mass is 466 g/mol. The van der Waals surface area contributed by atoms with E-state index in [9.17, 15) is 14.4 Å². The lowest BCUT2D eigenvalue weighted by molar-refractivity contribution is -0.122. The van der Waals surface area contributed by atoms with Gasteiger partial charge < -0.3 is 31.2 Å². The second kappa shape index (κ2) is 10.3. The quantitative estimate of drug-likeness (QED) is 0.393. The largest absolute Gasteiger partial charge is 0.378 e. The summed E-state index contributed by atoms with van der Waals surface area (Å²) in [7, 11) is 0. The number of ether oxygens (including phenoxy) is 2. The minimum Gasteiger partial charge on any atom is -0.378 e. The molecule has 2 aromatic carbocycles. The Labute approximate surface area is 195 Å². The molecule has 0 unspecified atom stereocenters. The Bertz CT molecular complexity index is 1220. The van der Waals surface area contributed by atoms with Crippen molar-refractivity contribution >= 4 is 40.0 Å². The number of rotatable bonds is 9. The van der Waals surface area contributed by atoms with Crippen LogP contribution < -0.4 is 21.7 Å². The summed E-state index contributed by atoms with van der Waals surface area (Å²) in [4.78, 5) is 37.5. The van der Waals surface area contributed by atoms with Crippen LogP contribution in [-0.2, 0) is 20.8 Å². The number of hydrogen-bond donors (Lipinski definition) is 3. The SMILES string of the molecule is NC(=O)COCCn1cc2cc(NC(=O)c3cccc(C(N)=O)c3)c(N3CCOCC3)cc2n1. The number of nitrogens with one attached hydrogen (secondary N) is 1. The highest BCUT2D eigenvalue weighted by Gasteiger charge is 2.19. The number of carbonyl (C=O) groups excluding carboxylic acids is 3. The van der Waals surface area contributed by atoms with E-state index in [-0.39, 0.29) is 24.7 Å². The first-order chi connectivity index (χ1) is 16.4. The zero-order valence-corrected chi connectivity index (χ0v) is 18.5. The number of benzene rings is 2. The van der Waals surface area contributed by atoms with Gasteiger partial charge in [-0.25, -0.2) is 0 Å². The summed E-state index contributed by atoms with van der Waals surface area (Å²) in [5.41, 5.74) is 13.2. The summed E-state index contributed by atoms with van der Waals surface area (Å²) in [6, 6.07) is 10.1. The van der Waals surface area contributed by atoms with E-state index >= 15 is 0 Å². The highest BCUT2D eigenvalue weighted by atomic mass is 16.5. The van der Waals surface area contributed by atoms with Crippen molar-refractivity contribution < 1.29 is 23.9 Å². The normalized spacial score (nSPS) is 13.7. The van der Waals surface area contributed by atoms with Crippen LogP contribution in [0.5, 0.6) is 0 Å². The third-order valence-corrected chi connectivity index (χ3v) is 5.39. The number of nitrogens with zero attached hydrogens (tertiary/aromatic N) is 3. The lowest BCUT2D eigenvalue weighted by atomic mass is 10.1. The van der Waals surface area contributed by atoms with Gasteiger partial charge in [-0.15, -0.1) is 0 Å². The fourth-order valence-electron chi connectivity index (χ4n) is 3.73. The van der Waals surface area contributed by atoms with E-state index in [1.165, 1.54) is 6.07 Å². The molecule has 0 spiro atoms. The van der Waals surface area contributed by atoms with E-state index < -0.39 is 11.8 Å². The molecule has 0 aliphatic carbocycles. The summed E-state index contributed by atoms with van der Waals surface area (Å²) in [6.45, 7) is 3.09. The number of amides is 3. The summed E-state index contributed by atoms with van der Waals surface area (Å²) in [5, 5.41) is 8.39. The van der Waals surface area contributed by atoms with Gasteiger partial charge in [-0.1, -0.05) is 6.07 Å². The van der Waals surface area contributed by atoms with Crippen molar-refractivity contribution in [1.29, 1.82) is 0 Å². The van der Waals surface area contributed by atoms with E-state index in [4.69, 9.17) is 20.9 Å². The zero-order chi connectivity index (χ0) is 24.1. The summed E-state index contributed by atoms with van der Waals surface area (Å²) < 4.78 is 12.4. The van der Waals surface area contributed by atoms with Gasteiger partial charge in [0.1, 0.15) is 6.61 Å². The average Bonchev–Trinajstić information content (AvgIpc) is 3.23. The Kier molecular flexibility index (Phi) is 7.04. The minimum absolute atomic E-state index is 0.144. The van der Waals surface area contributed by atoms with Crippen molar-refractivity contribution in [2.24, 2.45) is 11.5 Å². The fraction of sp³-hybridized carbons (Fsp3) is 0.304. The number of primary amides is 2. The van der Waals surface area contributed by atoms with Crippen LogP contribution in [0.2, 0.25) is 0 Å². The number of aromatic nitrogens is 2. The van der Waals surface area contributed by atoms with Crippen LogP contribution in [0.3, 0.4) is 0 Å². The van der Waals surface area contributed by atoms with Crippen LogP contribution in [0.1, 0.15) is 20.7 Å². The third-order valence-electron chi connectivity index (χ3n) is 5.39. The molecule has 0 saturated carbocycles. The van der Waals surface area contributed by atoms with Crippen LogP contribution in [0.25, 0.3) is 10.9 Å². The molecule has 11 heteroatoms. The molecule has 0 radical (unpaired) electrons. The van der Waals surface area contributed by atoms with Gasteiger partial charge in [0.05, 0.1) is 43.3 Å². The number of morpholine rings is 1. The van der Waals surface area contributed by atoms with Crippen LogP contribution in [-0.4, -0.2) is 67.0 Å². The van der Waals surface area contributed by atoms with Crippen molar-refractivity contribution in [3.63, 3.8) is 0 Å². The third kappa shape index (κ3) is 5.50. The second-order valence-electron chi connectivity index (χ2n) is 7.84. The van der Waals surface area contributed by atoms with Gasteiger partial charge in [0.15, 0.2) is 0 Å². The molecule has 3 aromatic rings. The number of carbonyl (C=O) groups is 3. The highest BCUT2D eigenvalue weighted by molar-refractivity contribution is 6.08. The Morgan fingerprint density at radius 1 is 1.09 bits per heavy atom. The van der Waals surface area contributed by atoms with Gasteiger partial charge in [-0.2, -0.15) is 5.10 Å². The molecular formula is C23H26N6O5. The molecule has 178 valence electrons. The average molecular weight is 466 g/mol. The van der Waals surface area contributed by atoms with Crippen molar-refractivity contribution in [3.8, 4) is 0 Å². The highest BCUT2D eigenvalue weighted by Crippen LogP contribution is 2.32. The summed E-state index contributed by atoms with van der Waals surface area (Å²) >= 11 is 0. The number of fused-ring (bicyclic) bond motifs is 1. The molecule has 1 fully saturated rings. The Morgan fingerprint density at radius 2 is 1.85 bits per heavy atom. The van der Waals surface area contributed by atoms with E-state index in [2.05, 4.69) is 15.3 Å². The minimum atomic E-state index is -0.600. The van der Waals surface area contributed by atoms with Crippen molar-refractivity contribution in [2.45, 2.75) is 6.54 Å². The van der Waals surface area contributed by atoms with Crippen molar-refractivity contribution in [2.75, 3.05) is 49.7 Å². The standard InChI is InChI=1S/C23H26N6O5/c24-21(30)14-34-9-6-29-13-17-11-19(20(12-18(17)27-29)28-4-7-33-8-5-28)26-23(32)16-3-1-2-15(10-16)22(25)31/h1-3,10-13H,4-9,14H2,(H2,24,30)(H2,25,31)(H,26,32). The summed E-state index contributed by atoms with van der Waals surface area (Å²) in [6.07, 6.45) is 1.84. The molecule has 3 amide bonds. The summed E-state index contributed by atoms with van der Waals surface area (Å²) in [5.74, 6) is -1.48. The van der Waals surface area contributed by atoms with E-state index in [0.717, 1.165) is 16.6 Å². The molecule has 0 bridgehead atoms. The molecule has 1 aliphatic heterocycles. The number of anilines is 2. The predicted octanol–water partition coefficient (Wildman–Crippen LogP) is 0.726. The lowest BCUT2D eigenvalue weighted by Crippen LogP contribution is -2.36. The first-order valence-electron chi connectivity index (χ1n) is 10.8. The molecule has 0 atom stereocenters.